The molecule has 1 aliphatic rings. The van der Waals surface area contributed by atoms with Gasteiger partial charge in [0.05, 0.1) is 7.11 Å². The number of ether oxygens (including phenoxy) is 1. The van der Waals surface area contributed by atoms with E-state index < -0.39 is 0 Å². The molecule has 0 aliphatic carbocycles. The maximum absolute atomic E-state index is 5.86. The highest BCUT2D eigenvalue weighted by Gasteiger charge is 2.13. The van der Waals surface area contributed by atoms with E-state index in [2.05, 4.69) is 17.1 Å². The Labute approximate surface area is 115 Å². The van der Waals surface area contributed by atoms with Gasteiger partial charge >= 0.3 is 0 Å². The van der Waals surface area contributed by atoms with E-state index in [0.717, 1.165) is 23.7 Å². The number of hydrogen-bond acceptors (Lipinski definition) is 4. The molecule has 1 aromatic carbocycles. The second-order valence-electron chi connectivity index (χ2n) is 5.40. The molecular formula is C15H25N3O. The Morgan fingerprint density at radius 2 is 2.00 bits per heavy atom. The number of piperidine rings is 1. The first-order chi connectivity index (χ1) is 9.17. The van der Waals surface area contributed by atoms with Gasteiger partial charge in [0, 0.05) is 36.1 Å². The molecular weight excluding hydrogens is 238 g/mol. The van der Waals surface area contributed by atoms with Crippen LogP contribution in [-0.4, -0.2) is 37.7 Å². The van der Waals surface area contributed by atoms with Crippen LogP contribution in [0, 0.1) is 0 Å². The molecule has 0 amide bonds. The topological polar surface area (TPSA) is 50.5 Å². The standard InChI is InChI=1S/C15H25N3O/c1-12(11-18-6-4-3-5-7-18)17-14-8-13(16)9-15(10-14)19-2/h8-10,12,17H,3-7,11,16H2,1-2H3. The summed E-state index contributed by atoms with van der Waals surface area (Å²) in [7, 11) is 1.66. The minimum absolute atomic E-state index is 0.407. The number of likely N-dealkylation sites (tertiary alicyclic amines) is 1. The first kappa shape index (κ1) is 14.0. The first-order valence-corrected chi connectivity index (χ1v) is 7.11. The van der Waals surface area contributed by atoms with Crippen molar-refractivity contribution in [2.45, 2.75) is 32.2 Å². The van der Waals surface area contributed by atoms with Crippen LogP contribution in [-0.2, 0) is 0 Å². The quantitative estimate of drug-likeness (QED) is 0.802. The summed E-state index contributed by atoms with van der Waals surface area (Å²) in [6.07, 6.45) is 4.04. The van der Waals surface area contributed by atoms with E-state index in [1.165, 1.54) is 32.4 Å². The molecule has 1 aromatic rings. The monoisotopic (exact) mass is 263 g/mol. The molecule has 0 radical (unpaired) electrons. The fourth-order valence-electron chi connectivity index (χ4n) is 2.68. The third-order valence-electron chi connectivity index (χ3n) is 3.56. The molecule has 1 fully saturated rings. The molecule has 1 unspecified atom stereocenters. The molecule has 0 aromatic heterocycles. The summed E-state index contributed by atoms with van der Waals surface area (Å²) in [5, 5.41) is 3.50. The Hall–Kier alpha value is -1.42. The van der Waals surface area contributed by atoms with Gasteiger partial charge in [-0.3, -0.25) is 0 Å². The molecule has 1 aliphatic heterocycles. The van der Waals surface area contributed by atoms with Crippen molar-refractivity contribution in [2.75, 3.05) is 37.8 Å². The summed E-state index contributed by atoms with van der Waals surface area (Å²) in [6, 6.07) is 6.18. The number of nitrogens with two attached hydrogens (primary N) is 1. The Bertz CT molecular complexity index is 402. The zero-order valence-electron chi connectivity index (χ0n) is 12.0. The number of methoxy groups -OCH3 is 1. The van der Waals surface area contributed by atoms with Gasteiger partial charge in [0.1, 0.15) is 5.75 Å². The zero-order chi connectivity index (χ0) is 13.7. The van der Waals surface area contributed by atoms with Gasteiger partial charge in [-0.05, 0) is 38.9 Å². The normalized spacial score (nSPS) is 18.0. The van der Waals surface area contributed by atoms with E-state index in [1.54, 1.807) is 7.11 Å². The van der Waals surface area contributed by atoms with E-state index in [9.17, 15) is 0 Å². The van der Waals surface area contributed by atoms with Gasteiger partial charge in [-0.15, -0.1) is 0 Å². The van der Waals surface area contributed by atoms with Gasteiger partial charge in [0.15, 0.2) is 0 Å². The van der Waals surface area contributed by atoms with Crippen LogP contribution in [0.1, 0.15) is 26.2 Å². The number of rotatable bonds is 5. The Balaban J connectivity index is 1.90. The van der Waals surface area contributed by atoms with E-state index in [0.29, 0.717) is 6.04 Å². The minimum atomic E-state index is 0.407. The van der Waals surface area contributed by atoms with Crippen molar-refractivity contribution in [1.29, 1.82) is 0 Å². The molecule has 1 atom stereocenters. The second-order valence-corrected chi connectivity index (χ2v) is 5.40. The Morgan fingerprint density at radius 1 is 1.26 bits per heavy atom. The highest BCUT2D eigenvalue weighted by atomic mass is 16.5. The van der Waals surface area contributed by atoms with Crippen LogP contribution in [0.2, 0.25) is 0 Å². The average Bonchev–Trinajstić information content (AvgIpc) is 2.38. The van der Waals surface area contributed by atoms with Crippen LogP contribution in [0.25, 0.3) is 0 Å². The molecule has 4 heteroatoms. The molecule has 1 heterocycles. The third-order valence-corrected chi connectivity index (χ3v) is 3.56. The fraction of sp³-hybridized carbons (Fsp3) is 0.600. The van der Waals surface area contributed by atoms with Crippen LogP contribution in [0.3, 0.4) is 0 Å². The smallest absolute Gasteiger partial charge is 0.122 e. The minimum Gasteiger partial charge on any atom is -0.497 e. The SMILES string of the molecule is COc1cc(N)cc(NC(C)CN2CCCCC2)c1. The number of nitrogens with zero attached hydrogens (tertiary/aromatic N) is 1. The summed E-state index contributed by atoms with van der Waals surface area (Å²) >= 11 is 0. The van der Waals surface area contributed by atoms with Gasteiger partial charge in [-0.25, -0.2) is 0 Å². The van der Waals surface area contributed by atoms with E-state index in [-0.39, 0.29) is 0 Å². The van der Waals surface area contributed by atoms with Gasteiger partial charge in [-0.2, -0.15) is 0 Å². The number of hydrogen-bond donors (Lipinski definition) is 2. The lowest BCUT2D eigenvalue weighted by molar-refractivity contribution is 0.223. The first-order valence-electron chi connectivity index (χ1n) is 7.11. The van der Waals surface area contributed by atoms with Crippen molar-refractivity contribution in [3.05, 3.63) is 18.2 Å². The maximum atomic E-state index is 5.86. The van der Waals surface area contributed by atoms with Crippen LogP contribution in [0.5, 0.6) is 5.75 Å². The highest BCUT2D eigenvalue weighted by Crippen LogP contribution is 2.23. The summed E-state index contributed by atoms with van der Waals surface area (Å²) in [5.41, 5.74) is 7.62. The van der Waals surface area contributed by atoms with E-state index in [4.69, 9.17) is 10.5 Å². The Kier molecular flexibility index (Phi) is 4.91. The van der Waals surface area contributed by atoms with Crippen molar-refractivity contribution in [2.24, 2.45) is 0 Å². The van der Waals surface area contributed by atoms with Crippen LogP contribution in [0.15, 0.2) is 18.2 Å². The number of nitrogen functional groups attached to an aromatic ring is 1. The molecule has 106 valence electrons. The average molecular weight is 263 g/mol. The molecule has 4 nitrogen and oxygen atoms in total. The predicted octanol–water partition coefficient (Wildman–Crippen LogP) is 2.56. The molecule has 0 saturated carbocycles. The molecule has 2 rings (SSSR count). The van der Waals surface area contributed by atoms with Gasteiger partial charge in [-0.1, -0.05) is 6.42 Å². The second kappa shape index (κ2) is 6.66. The largest absolute Gasteiger partial charge is 0.497 e. The lowest BCUT2D eigenvalue weighted by Crippen LogP contribution is -2.38. The summed E-state index contributed by atoms with van der Waals surface area (Å²) in [4.78, 5) is 2.53. The zero-order valence-corrected chi connectivity index (χ0v) is 12.0. The molecule has 3 N–H and O–H groups in total. The van der Waals surface area contributed by atoms with Gasteiger partial charge < -0.3 is 20.7 Å². The van der Waals surface area contributed by atoms with Crippen LogP contribution < -0.4 is 15.8 Å². The van der Waals surface area contributed by atoms with Gasteiger partial charge in [0.2, 0.25) is 0 Å². The van der Waals surface area contributed by atoms with Crippen molar-refractivity contribution in [1.82, 2.24) is 4.90 Å². The van der Waals surface area contributed by atoms with E-state index >= 15 is 0 Å². The summed E-state index contributed by atoms with van der Waals surface area (Å²) < 4.78 is 5.24. The fourth-order valence-corrected chi connectivity index (χ4v) is 2.68. The van der Waals surface area contributed by atoms with Crippen molar-refractivity contribution >= 4 is 11.4 Å². The molecule has 1 saturated heterocycles. The number of nitrogens with one attached hydrogen (secondary N) is 1. The molecule has 0 bridgehead atoms. The third kappa shape index (κ3) is 4.31. The maximum Gasteiger partial charge on any atom is 0.122 e. The van der Waals surface area contributed by atoms with Crippen molar-refractivity contribution in [3.63, 3.8) is 0 Å². The van der Waals surface area contributed by atoms with Crippen molar-refractivity contribution < 1.29 is 4.74 Å². The van der Waals surface area contributed by atoms with Crippen LogP contribution in [0.4, 0.5) is 11.4 Å². The lowest BCUT2D eigenvalue weighted by atomic mass is 10.1. The van der Waals surface area contributed by atoms with E-state index in [1.807, 2.05) is 18.2 Å². The molecule has 19 heavy (non-hydrogen) atoms. The van der Waals surface area contributed by atoms with Gasteiger partial charge in [0.25, 0.3) is 0 Å². The highest BCUT2D eigenvalue weighted by molar-refractivity contribution is 5.59. The molecule has 0 spiro atoms. The summed E-state index contributed by atoms with van der Waals surface area (Å²) in [6.45, 7) is 5.75. The Morgan fingerprint density at radius 3 is 2.68 bits per heavy atom. The lowest BCUT2D eigenvalue weighted by Gasteiger charge is -2.29. The summed E-state index contributed by atoms with van der Waals surface area (Å²) in [5.74, 6) is 0.799. The predicted molar refractivity (Wildman–Crippen MR) is 80.8 cm³/mol. The number of benzene rings is 1. The van der Waals surface area contributed by atoms with Crippen LogP contribution >= 0.6 is 0 Å². The van der Waals surface area contributed by atoms with Crippen molar-refractivity contribution in [3.8, 4) is 5.75 Å². The number of anilines is 2.